The molecule has 0 fully saturated rings. The Kier molecular flexibility index (Phi) is 10.6. The van der Waals surface area contributed by atoms with E-state index in [1.54, 1.807) is 0 Å². The zero-order valence-electron chi connectivity index (χ0n) is 49.6. The average molecular weight is 1150 g/mol. The summed E-state index contributed by atoms with van der Waals surface area (Å²) < 4.78 is 5.01. The predicted octanol–water partition coefficient (Wildman–Crippen LogP) is 16.8. The number of para-hydroxylation sites is 8. The molecule has 1 spiro atoms. The second-order valence-corrected chi connectivity index (χ2v) is 24.9. The van der Waals surface area contributed by atoms with E-state index in [4.69, 9.17) is 0 Å². The van der Waals surface area contributed by atoms with Crippen LogP contribution in [-0.2, 0) is 5.41 Å². The molecule has 0 radical (unpaired) electrons. The Morgan fingerprint density at radius 1 is 0.242 bits per heavy atom. The van der Waals surface area contributed by atoms with Crippen LogP contribution < -0.4 is 42.6 Å². The fourth-order valence-electron chi connectivity index (χ4n) is 17.2. The van der Waals surface area contributed by atoms with Crippen LogP contribution in [0.3, 0.4) is 0 Å². The standard InChI is InChI=1S/C85H54B2N4/c1-5-25-55(26-6-1)86-71-37-17-23-43-79(71)90(57-29-9-3-10-30-57)83-73(86)51-49-69-81(83)65-53-59(88-75-39-19-13-33-61(75)62-34-14-20-40-76(62)88)45-47-67(65)85(69)68-48-46-60(89-77-41-21-15-35-63(77)64-36-16-22-42-78(64)89)54-66(68)82-70(85)50-52-74-84(82)91(58-31-11-4-12-32-58)80-44-24-18-38-72(80)87(74)56-27-7-2-8-28-56/h1-54H. The van der Waals surface area contributed by atoms with Gasteiger partial charge >= 0.3 is 0 Å². The maximum absolute atomic E-state index is 2.60. The van der Waals surface area contributed by atoms with E-state index in [2.05, 4.69) is 347 Å². The van der Waals surface area contributed by atoms with Crippen molar-refractivity contribution in [3.05, 3.63) is 350 Å². The summed E-state index contributed by atoms with van der Waals surface area (Å²) in [6.07, 6.45) is 0. The molecule has 2 aliphatic heterocycles. The molecule has 0 bridgehead atoms. The number of rotatable bonds is 6. The third-order valence-electron chi connectivity index (χ3n) is 20.6. The second kappa shape index (κ2) is 19.2. The Morgan fingerprint density at radius 2 is 0.560 bits per heavy atom. The van der Waals surface area contributed by atoms with Crippen molar-refractivity contribution >= 4 is 124 Å². The van der Waals surface area contributed by atoms with Crippen molar-refractivity contribution in [2.45, 2.75) is 5.41 Å². The number of aromatic nitrogens is 2. The lowest BCUT2D eigenvalue weighted by Crippen LogP contribution is -2.57. The monoisotopic (exact) mass is 1150 g/mol. The molecule has 0 N–H and O–H groups in total. The summed E-state index contributed by atoms with van der Waals surface area (Å²) in [6, 6.07) is 124. The first-order chi connectivity index (χ1) is 45.2. The highest BCUT2D eigenvalue weighted by Crippen LogP contribution is 2.67. The molecule has 91 heavy (non-hydrogen) atoms. The van der Waals surface area contributed by atoms with Crippen LogP contribution in [0.25, 0.3) is 77.2 Å². The van der Waals surface area contributed by atoms with Gasteiger partial charge in [-0.15, -0.1) is 0 Å². The van der Waals surface area contributed by atoms with Crippen LogP contribution in [-0.4, -0.2) is 22.6 Å². The molecule has 16 aromatic rings. The molecule has 0 unspecified atom stereocenters. The molecule has 4 aliphatic rings. The maximum Gasteiger partial charge on any atom is 0.246 e. The minimum Gasteiger partial charge on any atom is -0.311 e. The Balaban J connectivity index is 0.967. The van der Waals surface area contributed by atoms with Crippen LogP contribution >= 0.6 is 0 Å². The van der Waals surface area contributed by atoms with E-state index in [0.717, 1.165) is 22.7 Å². The summed E-state index contributed by atoms with van der Waals surface area (Å²) in [6.45, 7) is -0.0897. The van der Waals surface area contributed by atoms with Gasteiger partial charge in [0.1, 0.15) is 0 Å². The molecule has 0 atom stereocenters. The van der Waals surface area contributed by atoms with Crippen molar-refractivity contribution in [1.29, 1.82) is 0 Å². The molecule has 0 saturated heterocycles. The molecule has 2 aromatic heterocycles. The fraction of sp³-hybridized carbons (Fsp3) is 0.0118. The Labute approximate surface area is 528 Å². The average Bonchev–Trinajstić information content (AvgIpc) is 1.50. The minimum absolute atomic E-state index is 0.0449. The Bertz CT molecular complexity index is 5240. The van der Waals surface area contributed by atoms with Gasteiger partial charge in [-0.3, -0.25) is 0 Å². The summed E-state index contributed by atoms with van der Waals surface area (Å²) in [7, 11) is 0. The SMILES string of the molecule is c1ccc(B2c3ccccc3N(c3ccccc3)c3c2ccc2c3-c3cc(-n4c5ccccc5c5ccccc54)ccc3C23c2ccc(-n4c5ccccc5c5ccccc54)cc2-c2c3ccc3c2N(c2ccccc2)c2ccccc2B3c2ccccc2)cc1. The van der Waals surface area contributed by atoms with Crippen LogP contribution in [0.1, 0.15) is 22.3 Å². The number of hydrogen-bond acceptors (Lipinski definition) is 2. The zero-order valence-corrected chi connectivity index (χ0v) is 49.6. The molecule has 4 nitrogen and oxygen atoms in total. The Morgan fingerprint density at radius 3 is 0.945 bits per heavy atom. The number of fused-ring (bicyclic) bond motifs is 22. The molecular weight excluding hydrogens is 1100 g/mol. The van der Waals surface area contributed by atoms with Crippen molar-refractivity contribution in [3.8, 4) is 33.6 Å². The quantitative estimate of drug-likeness (QED) is 0.154. The second-order valence-electron chi connectivity index (χ2n) is 24.9. The van der Waals surface area contributed by atoms with Crippen molar-refractivity contribution in [3.63, 3.8) is 0 Å². The normalized spacial score (nSPS) is 13.7. The van der Waals surface area contributed by atoms with E-state index < -0.39 is 5.41 Å². The van der Waals surface area contributed by atoms with E-state index in [9.17, 15) is 0 Å². The third-order valence-corrected chi connectivity index (χ3v) is 20.6. The fourth-order valence-corrected chi connectivity index (χ4v) is 17.2. The largest absolute Gasteiger partial charge is 0.311 e. The van der Waals surface area contributed by atoms with Crippen molar-refractivity contribution in [1.82, 2.24) is 9.13 Å². The lowest BCUT2D eigenvalue weighted by atomic mass is 9.35. The summed E-state index contributed by atoms with van der Waals surface area (Å²) >= 11 is 0. The van der Waals surface area contributed by atoms with E-state index in [1.165, 1.54) is 144 Å². The number of nitrogens with zero attached hydrogens (tertiary/aromatic N) is 4. The van der Waals surface area contributed by atoms with Gasteiger partial charge in [0.2, 0.25) is 13.4 Å². The molecule has 0 saturated carbocycles. The van der Waals surface area contributed by atoms with Gasteiger partial charge in [-0.1, -0.05) is 254 Å². The van der Waals surface area contributed by atoms with E-state index in [0.29, 0.717) is 0 Å². The van der Waals surface area contributed by atoms with E-state index in [-0.39, 0.29) is 13.4 Å². The van der Waals surface area contributed by atoms with Gasteiger partial charge in [0.25, 0.3) is 0 Å². The molecule has 14 aromatic carbocycles. The first-order valence-electron chi connectivity index (χ1n) is 31.8. The smallest absolute Gasteiger partial charge is 0.246 e. The highest BCUT2D eigenvalue weighted by atomic mass is 15.2. The third kappa shape index (κ3) is 6.86. The van der Waals surface area contributed by atoms with Crippen LogP contribution in [0.5, 0.6) is 0 Å². The van der Waals surface area contributed by atoms with Crippen LogP contribution in [0.15, 0.2) is 328 Å². The molecule has 6 heteroatoms. The minimum atomic E-state index is -0.804. The molecule has 420 valence electrons. The predicted molar refractivity (Wildman–Crippen MR) is 383 cm³/mol. The number of benzene rings is 14. The summed E-state index contributed by atoms with van der Waals surface area (Å²) in [5.41, 5.74) is 31.0. The molecule has 2 aliphatic carbocycles. The van der Waals surface area contributed by atoms with Gasteiger partial charge in [-0.05, 0) is 140 Å². The first kappa shape index (κ1) is 50.4. The first-order valence-corrected chi connectivity index (χ1v) is 31.8. The summed E-state index contributed by atoms with van der Waals surface area (Å²) in [4.78, 5) is 5.21. The molecule has 20 rings (SSSR count). The van der Waals surface area contributed by atoms with Crippen LogP contribution in [0, 0.1) is 0 Å². The van der Waals surface area contributed by atoms with Crippen molar-refractivity contribution in [2.75, 3.05) is 9.80 Å². The number of hydrogen-bond donors (Lipinski definition) is 0. The van der Waals surface area contributed by atoms with Crippen molar-refractivity contribution in [2.24, 2.45) is 0 Å². The lowest BCUT2D eigenvalue weighted by Gasteiger charge is -2.40. The summed E-state index contributed by atoms with van der Waals surface area (Å²) in [5, 5.41) is 4.97. The van der Waals surface area contributed by atoms with Gasteiger partial charge in [0.15, 0.2) is 0 Å². The topological polar surface area (TPSA) is 16.3 Å². The molecular formula is C85H54B2N4. The van der Waals surface area contributed by atoms with Gasteiger partial charge in [-0.2, -0.15) is 0 Å². The van der Waals surface area contributed by atoms with Crippen LogP contribution in [0.4, 0.5) is 34.1 Å². The summed E-state index contributed by atoms with van der Waals surface area (Å²) in [5.74, 6) is 0. The number of anilines is 6. The zero-order chi connectivity index (χ0) is 59.5. The van der Waals surface area contributed by atoms with Gasteiger partial charge < -0.3 is 18.9 Å². The van der Waals surface area contributed by atoms with E-state index in [1.807, 2.05) is 0 Å². The molecule has 0 amide bonds. The van der Waals surface area contributed by atoms with Gasteiger partial charge in [0, 0.05) is 78.2 Å². The highest BCUT2D eigenvalue weighted by Gasteiger charge is 2.56. The molecule has 4 heterocycles. The van der Waals surface area contributed by atoms with Crippen LogP contribution in [0.2, 0.25) is 0 Å². The highest BCUT2D eigenvalue weighted by molar-refractivity contribution is 6.98. The van der Waals surface area contributed by atoms with Crippen molar-refractivity contribution < 1.29 is 0 Å². The lowest BCUT2D eigenvalue weighted by molar-refractivity contribution is 0.793. The maximum atomic E-state index is 2.60. The Hall–Kier alpha value is -11.6. The van der Waals surface area contributed by atoms with Gasteiger partial charge in [0.05, 0.1) is 27.5 Å². The van der Waals surface area contributed by atoms with E-state index >= 15 is 0 Å². The van der Waals surface area contributed by atoms with Gasteiger partial charge in [-0.25, -0.2) is 0 Å².